The smallest absolute Gasteiger partial charge is 0.329 e. The summed E-state index contributed by atoms with van der Waals surface area (Å²) in [6.07, 6.45) is 0.609. The lowest BCUT2D eigenvalue weighted by atomic mass is 9.97. The van der Waals surface area contributed by atoms with E-state index in [2.05, 4.69) is 28.6 Å². The van der Waals surface area contributed by atoms with E-state index in [-0.39, 0.29) is 12.0 Å². The van der Waals surface area contributed by atoms with Gasteiger partial charge in [0.1, 0.15) is 10.4 Å². The van der Waals surface area contributed by atoms with Crippen LogP contribution in [0.1, 0.15) is 23.1 Å². The van der Waals surface area contributed by atoms with Crippen LogP contribution in [0.25, 0.3) is 10.9 Å². The number of thiocarbonyl (C=S) groups is 1. The van der Waals surface area contributed by atoms with Crippen LogP contribution in [0.4, 0.5) is 0 Å². The van der Waals surface area contributed by atoms with Crippen molar-refractivity contribution in [3.8, 4) is 0 Å². The molecule has 0 fully saturated rings. The maximum absolute atomic E-state index is 12.7. The Morgan fingerprint density at radius 2 is 2.22 bits per heavy atom. The third-order valence-corrected chi connectivity index (χ3v) is 7.30. The molecule has 0 saturated heterocycles. The summed E-state index contributed by atoms with van der Waals surface area (Å²) in [7, 11) is 0. The second-order valence-corrected chi connectivity index (χ2v) is 9.00. The Labute approximate surface area is 171 Å². The predicted molar refractivity (Wildman–Crippen MR) is 116 cm³/mol. The summed E-state index contributed by atoms with van der Waals surface area (Å²) >= 11 is 9.04. The van der Waals surface area contributed by atoms with E-state index >= 15 is 0 Å². The van der Waals surface area contributed by atoms with E-state index in [1.165, 1.54) is 15.8 Å². The number of nitrogens with one attached hydrogen (secondary N) is 1. The van der Waals surface area contributed by atoms with Crippen molar-refractivity contribution in [2.24, 2.45) is 0 Å². The molecule has 0 saturated carbocycles. The first-order chi connectivity index (χ1) is 13.2. The molecule has 0 radical (unpaired) electrons. The third kappa shape index (κ3) is 3.77. The molecule has 0 spiro atoms. The van der Waals surface area contributed by atoms with Crippen molar-refractivity contribution >= 4 is 56.5 Å². The molecular weight excluding hydrogens is 396 g/mol. The van der Waals surface area contributed by atoms with Gasteiger partial charge in [-0.05, 0) is 30.0 Å². The number of ether oxygens (including phenoxy) is 1. The highest BCUT2D eigenvalue weighted by molar-refractivity contribution is 8.22. The Kier molecular flexibility index (Phi) is 5.52. The van der Waals surface area contributed by atoms with Crippen molar-refractivity contribution in [2.75, 3.05) is 6.61 Å². The molecule has 4 rings (SSSR count). The molecule has 0 amide bonds. The van der Waals surface area contributed by atoms with Crippen LogP contribution in [-0.2, 0) is 28.2 Å². The van der Waals surface area contributed by atoms with Crippen LogP contribution in [-0.4, -0.2) is 32.8 Å². The van der Waals surface area contributed by atoms with Crippen LogP contribution in [0.15, 0.2) is 41.8 Å². The van der Waals surface area contributed by atoms with Crippen molar-refractivity contribution < 1.29 is 9.53 Å². The average Bonchev–Trinajstić information content (AvgIpc) is 3.32. The van der Waals surface area contributed by atoms with Crippen molar-refractivity contribution in [2.45, 2.75) is 31.7 Å². The molecule has 2 aromatic heterocycles. The lowest BCUT2D eigenvalue weighted by Gasteiger charge is -2.35. The Morgan fingerprint density at radius 3 is 3.00 bits per heavy atom. The molecule has 0 unspecified atom stereocenters. The number of fused-ring (bicyclic) bond motifs is 3. The summed E-state index contributed by atoms with van der Waals surface area (Å²) in [5.74, 6) is 0.620. The van der Waals surface area contributed by atoms with Gasteiger partial charge in [0.05, 0.1) is 13.2 Å². The number of carbonyl (C=O) groups is 1. The van der Waals surface area contributed by atoms with E-state index in [1.807, 2.05) is 30.0 Å². The second kappa shape index (κ2) is 8.04. The second-order valence-electron chi connectivity index (χ2n) is 6.36. The Bertz CT molecular complexity index is 965. The summed E-state index contributed by atoms with van der Waals surface area (Å²) in [6.45, 7) is 2.81. The van der Waals surface area contributed by atoms with E-state index in [0.29, 0.717) is 19.6 Å². The molecular formula is C20H20N2O2S3. The number of thiophene rings is 1. The fraction of sp³-hybridized carbons (Fsp3) is 0.300. The number of hydrogen-bond acceptors (Lipinski definition) is 5. The largest absolute Gasteiger partial charge is 0.464 e. The van der Waals surface area contributed by atoms with Crippen LogP contribution in [0.5, 0.6) is 0 Å². The van der Waals surface area contributed by atoms with E-state index < -0.39 is 0 Å². The van der Waals surface area contributed by atoms with Gasteiger partial charge in [0.15, 0.2) is 0 Å². The van der Waals surface area contributed by atoms with Gasteiger partial charge in [-0.3, -0.25) is 0 Å². The molecule has 1 aromatic carbocycles. The van der Waals surface area contributed by atoms with E-state index in [9.17, 15) is 4.79 Å². The molecule has 1 N–H and O–H groups in total. The van der Waals surface area contributed by atoms with Crippen LogP contribution >= 0.6 is 35.3 Å². The lowest BCUT2D eigenvalue weighted by Crippen LogP contribution is -2.48. The van der Waals surface area contributed by atoms with Crippen molar-refractivity contribution in [3.05, 3.63) is 57.9 Å². The molecule has 1 aliphatic heterocycles. The minimum atomic E-state index is -0.375. The number of carbonyl (C=O) groups excluding carboxylic acids is 1. The lowest BCUT2D eigenvalue weighted by molar-refractivity contribution is -0.148. The number of para-hydroxylation sites is 1. The zero-order valence-corrected chi connectivity index (χ0v) is 17.4. The number of aromatic nitrogens is 1. The van der Waals surface area contributed by atoms with Gasteiger partial charge >= 0.3 is 5.97 Å². The summed E-state index contributed by atoms with van der Waals surface area (Å²) in [5, 5.41) is 3.25. The predicted octanol–water partition coefficient (Wildman–Crippen LogP) is 4.74. The Balaban J connectivity index is 1.61. The molecule has 3 heterocycles. The molecule has 3 aromatic rings. The van der Waals surface area contributed by atoms with Gasteiger partial charge in [0.25, 0.3) is 0 Å². The molecule has 1 aliphatic rings. The maximum Gasteiger partial charge on any atom is 0.329 e. The molecule has 27 heavy (non-hydrogen) atoms. The van der Waals surface area contributed by atoms with Crippen LogP contribution in [0.2, 0.25) is 0 Å². The Hall–Kier alpha value is -1.83. The molecule has 140 valence electrons. The first kappa shape index (κ1) is 18.5. The van der Waals surface area contributed by atoms with Gasteiger partial charge in [-0.2, -0.15) is 0 Å². The number of nitrogens with zero attached hydrogens (tertiary/aromatic N) is 1. The minimum Gasteiger partial charge on any atom is -0.464 e. The van der Waals surface area contributed by atoms with Crippen molar-refractivity contribution in [1.82, 2.24) is 9.88 Å². The maximum atomic E-state index is 12.7. The van der Waals surface area contributed by atoms with Crippen LogP contribution in [0, 0.1) is 0 Å². The monoisotopic (exact) mass is 416 g/mol. The van der Waals surface area contributed by atoms with Gasteiger partial charge in [0, 0.05) is 33.6 Å². The van der Waals surface area contributed by atoms with Crippen molar-refractivity contribution in [3.63, 3.8) is 0 Å². The van der Waals surface area contributed by atoms with E-state index in [1.54, 1.807) is 23.1 Å². The number of hydrogen-bond donors (Lipinski definition) is 1. The average molecular weight is 417 g/mol. The molecule has 0 aliphatic carbocycles. The fourth-order valence-electron chi connectivity index (χ4n) is 3.46. The fourth-order valence-corrected chi connectivity index (χ4v) is 5.49. The van der Waals surface area contributed by atoms with Gasteiger partial charge in [0.2, 0.25) is 0 Å². The summed E-state index contributed by atoms with van der Waals surface area (Å²) < 4.78 is 6.10. The SMILES string of the molecule is CCOC(=O)[C@H]1Cc2c([nH]c3ccccc23)CN1C(=S)SCc1cccs1. The number of rotatable bonds is 4. The van der Waals surface area contributed by atoms with Crippen LogP contribution < -0.4 is 0 Å². The topological polar surface area (TPSA) is 45.3 Å². The molecule has 1 atom stereocenters. The summed E-state index contributed by atoms with van der Waals surface area (Å²) in [5.41, 5.74) is 3.44. The highest BCUT2D eigenvalue weighted by Crippen LogP contribution is 2.33. The zero-order valence-electron chi connectivity index (χ0n) is 14.9. The quantitative estimate of drug-likeness (QED) is 0.492. The van der Waals surface area contributed by atoms with Gasteiger partial charge in [-0.25, -0.2) is 4.79 Å². The molecule has 7 heteroatoms. The molecule has 4 nitrogen and oxygen atoms in total. The van der Waals surface area contributed by atoms with E-state index in [0.717, 1.165) is 21.3 Å². The minimum absolute atomic E-state index is 0.201. The number of aromatic amines is 1. The van der Waals surface area contributed by atoms with E-state index in [4.69, 9.17) is 17.0 Å². The number of thioether (sulfide) groups is 1. The van der Waals surface area contributed by atoms with Gasteiger partial charge < -0.3 is 14.6 Å². The van der Waals surface area contributed by atoms with Crippen LogP contribution in [0.3, 0.4) is 0 Å². The Morgan fingerprint density at radius 1 is 1.37 bits per heavy atom. The number of esters is 1. The summed E-state index contributed by atoms with van der Waals surface area (Å²) in [4.78, 5) is 19.5. The first-order valence-electron chi connectivity index (χ1n) is 8.88. The van der Waals surface area contributed by atoms with Gasteiger partial charge in [-0.1, -0.05) is 48.2 Å². The first-order valence-corrected chi connectivity index (χ1v) is 11.2. The molecule has 0 bridgehead atoms. The highest BCUT2D eigenvalue weighted by atomic mass is 32.2. The van der Waals surface area contributed by atoms with Gasteiger partial charge in [-0.15, -0.1) is 11.3 Å². The highest BCUT2D eigenvalue weighted by Gasteiger charge is 2.36. The number of benzene rings is 1. The normalized spacial score (nSPS) is 16.3. The number of H-pyrrole nitrogens is 1. The summed E-state index contributed by atoms with van der Waals surface area (Å²) in [6, 6.07) is 12.0. The standard InChI is InChI=1S/C20H20N2O2S3/c1-2-24-19(23)18-10-15-14-7-3-4-8-16(14)21-17(15)11-22(18)20(25)27-12-13-6-5-9-26-13/h3-9,18,21H,2,10-12H2,1H3/t18-/m1/s1. The van der Waals surface area contributed by atoms with Crippen molar-refractivity contribution in [1.29, 1.82) is 0 Å². The zero-order chi connectivity index (χ0) is 18.8. The third-order valence-electron chi connectivity index (χ3n) is 4.72.